The maximum Gasteiger partial charge on any atom is 0.246 e. The van der Waals surface area contributed by atoms with Crippen molar-refractivity contribution in [3.05, 3.63) is 40.0 Å². The lowest BCUT2D eigenvalue weighted by molar-refractivity contribution is -0.127. The summed E-state index contributed by atoms with van der Waals surface area (Å²) < 4.78 is 6.85. The largest absolute Gasteiger partial charge is 0.360 e. The van der Waals surface area contributed by atoms with Crippen molar-refractivity contribution in [2.45, 2.75) is 20.4 Å². The highest BCUT2D eigenvalue weighted by Gasteiger charge is 2.21. The molecule has 0 spiro atoms. The van der Waals surface area contributed by atoms with Gasteiger partial charge in [-0.15, -0.1) is 0 Å². The summed E-state index contributed by atoms with van der Waals surface area (Å²) in [6, 6.07) is 1.94. The Morgan fingerprint density at radius 3 is 2.60 bits per heavy atom. The summed E-state index contributed by atoms with van der Waals surface area (Å²) >= 11 is 6.18. The number of carbonyl (C=O) groups is 1. The van der Waals surface area contributed by atoms with Crippen LogP contribution in [0.3, 0.4) is 0 Å². The van der Waals surface area contributed by atoms with Crippen LogP contribution < -0.4 is 0 Å². The zero-order chi connectivity index (χ0) is 18.0. The van der Waals surface area contributed by atoms with E-state index in [4.69, 9.17) is 16.1 Å². The zero-order valence-electron chi connectivity index (χ0n) is 14.7. The zero-order valence-corrected chi connectivity index (χ0v) is 15.5. The molecule has 7 nitrogen and oxygen atoms in total. The van der Waals surface area contributed by atoms with Crippen molar-refractivity contribution >= 4 is 23.6 Å². The van der Waals surface area contributed by atoms with Gasteiger partial charge in [-0.3, -0.25) is 14.4 Å². The molecule has 1 saturated heterocycles. The van der Waals surface area contributed by atoms with E-state index in [0.29, 0.717) is 18.2 Å². The molecule has 3 rings (SSSR count). The maximum atomic E-state index is 12.4. The number of hydrogen-bond donors (Lipinski definition) is 0. The lowest BCUT2D eigenvalue weighted by atomic mass is 10.2. The predicted octanol–water partition coefficient (Wildman–Crippen LogP) is 2.04. The van der Waals surface area contributed by atoms with Crippen LogP contribution >= 0.6 is 11.6 Å². The molecule has 0 N–H and O–H groups in total. The lowest BCUT2D eigenvalue weighted by Crippen LogP contribution is -2.47. The van der Waals surface area contributed by atoms with E-state index in [0.717, 1.165) is 42.3 Å². The van der Waals surface area contributed by atoms with Gasteiger partial charge in [-0.1, -0.05) is 16.8 Å². The molecule has 1 aliphatic rings. The Labute approximate surface area is 151 Å². The molecule has 3 heterocycles. The van der Waals surface area contributed by atoms with Gasteiger partial charge in [0.2, 0.25) is 5.91 Å². The quantitative estimate of drug-likeness (QED) is 0.777. The van der Waals surface area contributed by atoms with E-state index < -0.39 is 0 Å². The molecule has 134 valence electrons. The number of piperazine rings is 1. The smallest absolute Gasteiger partial charge is 0.246 e. The Morgan fingerprint density at radius 2 is 2.04 bits per heavy atom. The first-order valence-electron chi connectivity index (χ1n) is 8.24. The Morgan fingerprint density at radius 1 is 1.32 bits per heavy atom. The molecular formula is C17H22ClN5O2. The number of nitrogens with zero attached hydrogens (tertiary/aromatic N) is 5. The first-order valence-corrected chi connectivity index (χ1v) is 8.62. The summed E-state index contributed by atoms with van der Waals surface area (Å²) in [6.07, 6.45) is 3.32. The molecule has 0 saturated carbocycles. The van der Waals surface area contributed by atoms with Gasteiger partial charge in [-0.2, -0.15) is 5.10 Å². The molecule has 8 heteroatoms. The average Bonchev–Trinajstić information content (AvgIpc) is 3.09. The summed E-state index contributed by atoms with van der Waals surface area (Å²) in [5, 5.41) is 8.68. The third kappa shape index (κ3) is 4.11. The number of aromatic nitrogens is 3. The van der Waals surface area contributed by atoms with E-state index in [9.17, 15) is 4.79 Å². The molecule has 25 heavy (non-hydrogen) atoms. The molecule has 1 amide bonds. The SMILES string of the molecule is Cc1cc(CN2CCN(C(=O)/C=C/c3c(C)nn(C)c3Cl)CC2)on1. The van der Waals surface area contributed by atoms with Crippen LogP contribution in [0.25, 0.3) is 6.08 Å². The minimum atomic E-state index is -0.00511. The van der Waals surface area contributed by atoms with Crippen LogP contribution in [0, 0.1) is 13.8 Å². The maximum absolute atomic E-state index is 12.4. The molecule has 0 unspecified atom stereocenters. The van der Waals surface area contributed by atoms with Gasteiger partial charge < -0.3 is 9.42 Å². The highest BCUT2D eigenvalue weighted by Crippen LogP contribution is 2.20. The highest BCUT2D eigenvalue weighted by atomic mass is 35.5. The third-order valence-corrected chi connectivity index (χ3v) is 4.78. The van der Waals surface area contributed by atoms with E-state index in [1.807, 2.05) is 24.8 Å². The normalized spacial score (nSPS) is 16.1. The minimum Gasteiger partial charge on any atom is -0.360 e. The van der Waals surface area contributed by atoms with Gasteiger partial charge in [0.1, 0.15) is 5.15 Å². The fourth-order valence-corrected chi connectivity index (χ4v) is 3.17. The van der Waals surface area contributed by atoms with Crippen LogP contribution in [0.4, 0.5) is 0 Å². The molecule has 1 fully saturated rings. The number of aryl methyl sites for hydroxylation is 3. The van der Waals surface area contributed by atoms with E-state index in [1.54, 1.807) is 23.9 Å². The monoisotopic (exact) mass is 363 g/mol. The summed E-state index contributed by atoms with van der Waals surface area (Å²) in [6.45, 7) is 7.51. The molecule has 2 aromatic heterocycles. The van der Waals surface area contributed by atoms with Crippen molar-refractivity contribution in [2.24, 2.45) is 7.05 Å². The molecule has 2 aromatic rings. The van der Waals surface area contributed by atoms with Crippen molar-refractivity contribution in [2.75, 3.05) is 26.2 Å². The molecule has 0 atom stereocenters. The van der Waals surface area contributed by atoms with Crippen LogP contribution in [0.2, 0.25) is 5.15 Å². The predicted molar refractivity (Wildman–Crippen MR) is 95.1 cm³/mol. The Kier molecular flexibility index (Phi) is 5.24. The van der Waals surface area contributed by atoms with Crippen LogP contribution in [0.5, 0.6) is 0 Å². The topological polar surface area (TPSA) is 67.4 Å². The second-order valence-corrected chi connectivity index (χ2v) is 6.64. The average molecular weight is 364 g/mol. The van der Waals surface area contributed by atoms with Gasteiger partial charge in [-0.25, -0.2) is 0 Å². The van der Waals surface area contributed by atoms with Crippen LogP contribution in [-0.2, 0) is 18.4 Å². The number of halogens is 1. The van der Waals surface area contributed by atoms with Crippen molar-refractivity contribution in [1.29, 1.82) is 0 Å². The fourth-order valence-electron chi connectivity index (χ4n) is 2.93. The van der Waals surface area contributed by atoms with Gasteiger partial charge in [0.25, 0.3) is 0 Å². The van der Waals surface area contributed by atoms with Crippen LogP contribution in [0.15, 0.2) is 16.7 Å². The van der Waals surface area contributed by atoms with Gasteiger partial charge in [0, 0.05) is 50.9 Å². The lowest BCUT2D eigenvalue weighted by Gasteiger charge is -2.33. The molecule has 0 bridgehead atoms. The van der Waals surface area contributed by atoms with Gasteiger partial charge in [0.15, 0.2) is 5.76 Å². The standard InChI is InChI=1S/C17H22ClN5O2/c1-12-10-14(25-20-12)11-22-6-8-23(9-7-22)16(24)5-4-15-13(2)19-21(3)17(15)18/h4-5,10H,6-9,11H2,1-3H3/b5-4+. The summed E-state index contributed by atoms with van der Waals surface area (Å²) in [7, 11) is 1.78. The Bertz CT molecular complexity index is 787. The molecule has 0 radical (unpaired) electrons. The summed E-state index contributed by atoms with van der Waals surface area (Å²) in [5.74, 6) is 0.855. The third-order valence-electron chi connectivity index (χ3n) is 4.33. The Hall–Kier alpha value is -2.12. The second kappa shape index (κ2) is 7.41. The molecular weight excluding hydrogens is 342 g/mol. The van der Waals surface area contributed by atoms with Crippen molar-refractivity contribution in [3.8, 4) is 0 Å². The highest BCUT2D eigenvalue weighted by molar-refractivity contribution is 6.31. The van der Waals surface area contributed by atoms with Crippen LogP contribution in [-0.4, -0.2) is 56.8 Å². The summed E-state index contributed by atoms with van der Waals surface area (Å²) in [5.41, 5.74) is 2.49. The molecule has 1 aliphatic heterocycles. The van der Waals surface area contributed by atoms with E-state index >= 15 is 0 Å². The number of carbonyl (C=O) groups excluding carboxylic acids is 1. The number of amides is 1. The van der Waals surface area contributed by atoms with Gasteiger partial charge in [-0.05, 0) is 19.9 Å². The van der Waals surface area contributed by atoms with Crippen molar-refractivity contribution in [3.63, 3.8) is 0 Å². The van der Waals surface area contributed by atoms with E-state index in [1.165, 1.54) is 0 Å². The van der Waals surface area contributed by atoms with Crippen molar-refractivity contribution < 1.29 is 9.32 Å². The minimum absolute atomic E-state index is 0.00511. The van der Waals surface area contributed by atoms with Crippen LogP contribution in [0.1, 0.15) is 22.7 Å². The van der Waals surface area contributed by atoms with Crippen molar-refractivity contribution in [1.82, 2.24) is 24.7 Å². The fraction of sp³-hybridized carbons (Fsp3) is 0.471. The number of hydrogen-bond acceptors (Lipinski definition) is 5. The van der Waals surface area contributed by atoms with Gasteiger partial charge in [0.05, 0.1) is 17.9 Å². The first-order chi connectivity index (χ1) is 11.9. The van der Waals surface area contributed by atoms with E-state index in [-0.39, 0.29) is 5.91 Å². The van der Waals surface area contributed by atoms with E-state index in [2.05, 4.69) is 15.2 Å². The number of rotatable bonds is 4. The van der Waals surface area contributed by atoms with Gasteiger partial charge >= 0.3 is 0 Å². The second-order valence-electron chi connectivity index (χ2n) is 6.28. The molecule has 0 aromatic carbocycles. The first kappa shape index (κ1) is 17.7. The molecule has 0 aliphatic carbocycles. The Balaban J connectivity index is 1.53. The summed E-state index contributed by atoms with van der Waals surface area (Å²) in [4.78, 5) is 16.5.